The molecular weight excluding hydrogens is 194 g/mol. The first-order chi connectivity index (χ1) is 7.13. The van der Waals surface area contributed by atoms with Gasteiger partial charge in [0.25, 0.3) is 0 Å². The molecule has 0 aromatic carbocycles. The van der Waals surface area contributed by atoms with Crippen LogP contribution in [0.15, 0.2) is 12.2 Å². The maximum absolute atomic E-state index is 11.0. The molecule has 5 heteroatoms. The number of ether oxygens (including phenoxy) is 1. The lowest BCUT2D eigenvalue weighted by Crippen LogP contribution is -2.03. The SMILES string of the molecule is CCOC(=O)/C=C/Cn1nc(C)nc1C. The Kier molecular flexibility index (Phi) is 4.03. The Morgan fingerprint density at radius 1 is 1.53 bits per heavy atom. The molecule has 0 amide bonds. The molecule has 0 bridgehead atoms. The fourth-order valence-electron chi connectivity index (χ4n) is 1.17. The van der Waals surface area contributed by atoms with Crippen LogP contribution in [0.25, 0.3) is 0 Å². The van der Waals surface area contributed by atoms with Crippen molar-refractivity contribution in [3.05, 3.63) is 23.8 Å². The van der Waals surface area contributed by atoms with Crippen LogP contribution in [0.3, 0.4) is 0 Å². The van der Waals surface area contributed by atoms with E-state index in [4.69, 9.17) is 4.74 Å². The van der Waals surface area contributed by atoms with Gasteiger partial charge in [0.15, 0.2) is 0 Å². The van der Waals surface area contributed by atoms with Crippen molar-refractivity contribution in [3.8, 4) is 0 Å². The second kappa shape index (κ2) is 5.29. The van der Waals surface area contributed by atoms with E-state index in [1.165, 1.54) is 6.08 Å². The molecule has 5 nitrogen and oxygen atoms in total. The van der Waals surface area contributed by atoms with Crippen LogP contribution in [-0.2, 0) is 16.1 Å². The molecule has 0 saturated heterocycles. The second-order valence-electron chi connectivity index (χ2n) is 3.04. The summed E-state index contributed by atoms with van der Waals surface area (Å²) in [4.78, 5) is 15.1. The van der Waals surface area contributed by atoms with E-state index in [2.05, 4.69) is 10.1 Å². The molecule has 82 valence electrons. The van der Waals surface area contributed by atoms with Gasteiger partial charge in [-0.3, -0.25) is 0 Å². The van der Waals surface area contributed by atoms with Gasteiger partial charge < -0.3 is 4.74 Å². The van der Waals surface area contributed by atoms with Crippen LogP contribution in [0.2, 0.25) is 0 Å². The minimum Gasteiger partial charge on any atom is -0.463 e. The molecule has 0 N–H and O–H groups in total. The quantitative estimate of drug-likeness (QED) is 0.548. The Labute approximate surface area is 88.8 Å². The standard InChI is InChI=1S/C10H15N3O2/c1-4-15-10(14)6-5-7-13-9(3)11-8(2)12-13/h5-6H,4,7H2,1-3H3/b6-5+. The van der Waals surface area contributed by atoms with Crippen molar-refractivity contribution in [2.75, 3.05) is 6.61 Å². The maximum atomic E-state index is 11.0. The number of carbonyl (C=O) groups excluding carboxylic acids is 1. The van der Waals surface area contributed by atoms with E-state index in [0.29, 0.717) is 13.2 Å². The van der Waals surface area contributed by atoms with Crippen LogP contribution in [0.5, 0.6) is 0 Å². The molecule has 1 heterocycles. The minimum atomic E-state index is -0.327. The van der Waals surface area contributed by atoms with Gasteiger partial charge in [0.2, 0.25) is 0 Å². The van der Waals surface area contributed by atoms with Crippen molar-refractivity contribution >= 4 is 5.97 Å². The zero-order valence-corrected chi connectivity index (χ0v) is 9.23. The topological polar surface area (TPSA) is 57.0 Å². The summed E-state index contributed by atoms with van der Waals surface area (Å²) in [7, 11) is 0. The van der Waals surface area contributed by atoms with Crippen LogP contribution in [-0.4, -0.2) is 27.3 Å². The molecule has 1 aromatic heterocycles. The number of nitrogens with zero attached hydrogens (tertiary/aromatic N) is 3. The Hall–Kier alpha value is -1.65. The molecule has 1 aromatic rings. The van der Waals surface area contributed by atoms with Crippen molar-refractivity contribution in [2.45, 2.75) is 27.3 Å². The summed E-state index contributed by atoms with van der Waals surface area (Å²) in [5, 5.41) is 4.16. The van der Waals surface area contributed by atoms with Crippen LogP contribution in [0.1, 0.15) is 18.6 Å². The lowest BCUT2D eigenvalue weighted by atomic mass is 10.5. The third-order valence-corrected chi connectivity index (χ3v) is 1.78. The van der Waals surface area contributed by atoms with Gasteiger partial charge in [-0.15, -0.1) is 0 Å². The summed E-state index contributed by atoms with van der Waals surface area (Å²) >= 11 is 0. The first-order valence-corrected chi connectivity index (χ1v) is 4.84. The van der Waals surface area contributed by atoms with Crippen LogP contribution in [0.4, 0.5) is 0 Å². The normalized spacial score (nSPS) is 10.9. The fraction of sp³-hybridized carbons (Fsp3) is 0.500. The number of carbonyl (C=O) groups is 1. The zero-order chi connectivity index (χ0) is 11.3. The highest BCUT2D eigenvalue weighted by molar-refractivity contribution is 5.81. The highest BCUT2D eigenvalue weighted by Gasteiger charge is 1.99. The molecule has 0 aliphatic carbocycles. The first kappa shape index (κ1) is 11.4. The Morgan fingerprint density at radius 3 is 2.80 bits per heavy atom. The van der Waals surface area contributed by atoms with E-state index in [1.54, 1.807) is 17.7 Å². The van der Waals surface area contributed by atoms with Gasteiger partial charge >= 0.3 is 5.97 Å². The zero-order valence-electron chi connectivity index (χ0n) is 9.23. The van der Waals surface area contributed by atoms with Gasteiger partial charge in [0.05, 0.1) is 13.2 Å². The molecular formula is C10H15N3O2. The van der Waals surface area contributed by atoms with E-state index in [-0.39, 0.29) is 5.97 Å². The molecule has 0 radical (unpaired) electrons. The summed E-state index contributed by atoms with van der Waals surface area (Å²) in [5.41, 5.74) is 0. The fourth-order valence-corrected chi connectivity index (χ4v) is 1.17. The van der Waals surface area contributed by atoms with Crippen molar-refractivity contribution in [1.82, 2.24) is 14.8 Å². The Bertz CT molecular complexity index is 369. The summed E-state index contributed by atoms with van der Waals surface area (Å²) in [6, 6.07) is 0. The summed E-state index contributed by atoms with van der Waals surface area (Å²) in [5.74, 6) is 1.24. The predicted octanol–water partition coefficient (Wildman–Crippen LogP) is 1.01. The second-order valence-corrected chi connectivity index (χ2v) is 3.04. The van der Waals surface area contributed by atoms with Crippen LogP contribution >= 0.6 is 0 Å². The third kappa shape index (κ3) is 3.53. The van der Waals surface area contributed by atoms with Crippen LogP contribution in [0, 0.1) is 13.8 Å². The van der Waals surface area contributed by atoms with E-state index < -0.39 is 0 Å². The molecule has 0 atom stereocenters. The van der Waals surface area contributed by atoms with Crippen LogP contribution < -0.4 is 0 Å². The average Bonchev–Trinajstić information content (AvgIpc) is 2.46. The number of hydrogen-bond acceptors (Lipinski definition) is 4. The number of hydrogen-bond donors (Lipinski definition) is 0. The van der Waals surface area contributed by atoms with Gasteiger partial charge in [-0.25, -0.2) is 14.5 Å². The maximum Gasteiger partial charge on any atom is 0.330 e. The van der Waals surface area contributed by atoms with Gasteiger partial charge in [-0.05, 0) is 20.8 Å². The van der Waals surface area contributed by atoms with Gasteiger partial charge in [-0.2, -0.15) is 5.10 Å². The first-order valence-electron chi connectivity index (χ1n) is 4.84. The van der Waals surface area contributed by atoms with E-state index in [9.17, 15) is 4.79 Å². The lowest BCUT2D eigenvalue weighted by Gasteiger charge is -1.97. The number of esters is 1. The largest absolute Gasteiger partial charge is 0.463 e. The molecule has 0 saturated carbocycles. The monoisotopic (exact) mass is 209 g/mol. The number of allylic oxidation sites excluding steroid dienone is 1. The predicted molar refractivity (Wildman–Crippen MR) is 55.3 cm³/mol. The molecule has 0 aliphatic heterocycles. The number of aromatic nitrogens is 3. The Morgan fingerprint density at radius 2 is 2.27 bits per heavy atom. The summed E-state index contributed by atoms with van der Waals surface area (Å²) in [6.07, 6.45) is 3.11. The van der Waals surface area contributed by atoms with Crippen molar-refractivity contribution in [3.63, 3.8) is 0 Å². The summed E-state index contributed by atoms with van der Waals surface area (Å²) < 4.78 is 6.47. The highest BCUT2D eigenvalue weighted by atomic mass is 16.5. The molecule has 0 spiro atoms. The molecule has 0 aliphatic rings. The lowest BCUT2D eigenvalue weighted by molar-refractivity contribution is -0.137. The van der Waals surface area contributed by atoms with Gasteiger partial charge in [0.1, 0.15) is 11.6 Å². The van der Waals surface area contributed by atoms with E-state index in [0.717, 1.165) is 11.6 Å². The van der Waals surface area contributed by atoms with Crippen molar-refractivity contribution < 1.29 is 9.53 Å². The van der Waals surface area contributed by atoms with Crippen molar-refractivity contribution in [2.24, 2.45) is 0 Å². The highest BCUT2D eigenvalue weighted by Crippen LogP contribution is 1.96. The van der Waals surface area contributed by atoms with E-state index >= 15 is 0 Å². The average molecular weight is 209 g/mol. The summed E-state index contributed by atoms with van der Waals surface area (Å²) in [6.45, 7) is 6.41. The minimum absolute atomic E-state index is 0.327. The molecule has 0 fully saturated rings. The smallest absolute Gasteiger partial charge is 0.330 e. The van der Waals surface area contributed by atoms with Gasteiger partial charge in [-0.1, -0.05) is 6.08 Å². The molecule has 15 heavy (non-hydrogen) atoms. The van der Waals surface area contributed by atoms with Gasteiger partial charge in [0, 0.05) is 6.08 Å². The number of rotatable bonds is 4. The molecule has 1 rings (SSSR count). The Balaban J connectivity index is 2.50. The van der Waals surface area contributed by atoms with Crippen molar-refractivity contribution in [1.29, 1.82) is 0 Å². The van der Waals surface area contributed by atoms with E-state index in [1.807, 2.05) is 13.8 Å². The molecule has 0 unspecified atom stereocenters. The third-order valence-electron chi connectivity index (χ3n) is 1.78. The number of aryl methyl sites for hydroxylation is 2.